The van der Waals surface area contributed by atoms with Gasteiger partial charge in [-0.1, -0.05) is 12.2 Å². The largest absolute Gasteiger partial charge is 0.493 e. The third kappa shape index (κ3) is 2.99. The quantitative estimate of drug-likeness (QED) is 0.809. The van der Waals surface area contributed by atoms with Crippen LogP contribution < -0.4 is 0 Å². The second-order valence-electron chi connectivity index (χ2n) is 5.34. The van der Waals surface area contributed by atoms with Gasteiger partial charge in [0.2, 0.25) is 0 Å². The predicted molar refractivity (Wildman–Crippen MR) is 81.7 cm³/mol. The van der Waals surface area contributed by atoms with E-state index in [2.05, 4.69) is 0 Å². The van der Waals surface area contributed by atoms with Crippen LogP contribution in [0.15, 0.2) is 82.0 Å². The molecule has 1 N–H and O–H groups in total. The highest BCUT2D eigenvalue weighted by Crippen LogP contribution is 2.39. The fourth-order valence-electron chi connectivity index (χ4n) is 2.70. The maximum atomic E-state index is 14.4. The van der Waals surface area contributed by atoms with Crippen LogP contribution in [0.25, 0.3) is 0 Å². The highest BCUT2D eigenvalue weighted by atomic mass is 19.1. The van der Waals surface area contributed by atoms with Crippen LogP contribution in [0, 0.1) is 0 Å². The SMILES string of the molecule is O=C(O)C1=CC2=C(CC=C1)OCC=C2C1=C(F)CC=C(F)C=C1F. The van der Waals surface area contributed by atoms with Crippen molar-refractivity contribution in [3.8, 4) is 0 Å². The van der Waals surface area contributed by atoms with E-state index in [0.717, 1.165) is 6.08 Å². The van der Waals surface area contributed by atoms with Crippen molar-refractivity contribution in [1.82, 2.24) is 0 Å². The molecule has 3 rings (SSSR count). The first-order chi connectivity index (χ1) is 11.5. The normalized spacial score (nSPS) is 21.0. The van der Waals surface area contributed by atoms with Crippen molar-refractivity contribution in [1.29, 1.82) is 0 Å². The van der Waals surface area contributed by atoms with Crippen molar-refractivity contribution in [2.24, 2.45) is 0 Å². The number of ether oxygens (including phenoxy) is 1. The summed E-state index contributed by atoms with van der Waals surface area (Å²) in [6.07, 6.45) is 7.29. The van der Waals surface area contributed by atoms with Crippen LogP contribution >= 0.6 is 0 Å². The lowest BCUT2D eigenvalue weighted by atomic mass is 9.91. The molecule has 0 atom stereocenters. The molecule has 0 spiro atoms. The van der Waals surface area contributed by atoms with E-state index in [4.69, 9.17) is 4.74 Å². The minimum absolute atomic E-state index is 0.0280. The zero-order chi connectivity index (χ0) is 17.3. The fourth-order valence-corrected chi connectivity index (χ4v) is 2.70. The smallest absolute Gasteiger partial charge is 0.335 e. The number of rotatable bonds is 2. The van der Waals surface area contributed by atoms with Gasteiger partial charge in [-0.15, -0.1) is 0 Å². The number of aliphatic carboxylic acids is 1. The molecule has 1 heterocycles. The third-order valence-electron chi connectivity index (χ3n) is 3.80. The van der Waals surface area contributed by atoms with Crippen LogP contribution in [0.2, 0.25) is 0 Å². The zero-order valence-electron chi connectivity index (χ0n) is 12.5. The summed E-state index contributed by atoms with van der Waals surface area (Å²) in [5.41, 5.74) is 0.0741. The molecular formula is C18H13F3O3. The lowest BCUT2D eigenvalue weighted by Gasteiger charge is -2.21. The van der Waals surface area contributed by atoms with Crippen molar-refractivity contribution < 1.29 is 27.8 Å². The number of allylic oxidation sites excluding steroid dienone is 10. The van der Waals surface area contributed by atoms with E-state index in [1.807, 2.05) is 0 Å². The minimum Gasteiger partial charge on any atom is -0.493 e. The van der Waals surface area contributed by atoms with E-state index < -0.39 is 23.4 Å². The Kier molecular flexibility index (Phi) is 4.29. The molecule has 1 aliphatic heterocycles. The first-order valence-corrected chi connectivity index (χ1v) is 7.27. The molecule has 0 unspecified atom stereocenters. The molecule has 0 amide bonds. The van der Waals surface area contributed by atoms with Crippen molar-refractivity contribution >= 4 is 5.97 Å². The first kappa shape index (κ1) is 16.1. The Balaban J connectivity index is 2.13. The lowest BCUT2D eigenvalue weighted by molar-refractivity contribution is -0.132. The Labute approximate surface area is 136 Å². The molecular weight excluding hydrogens is 321 g/mol. The molecule has 124 valence electrons. The van der Waals surface area contributed by atoms with Gasteiger partial charge in [0.25, 0.3) is 0 Å². The standard InChI is InChI=1S/C18H13F3O3/c19-11-4-5-14(20)17(15(21)9-11)12-6-7-24-16-3-1-2-10(18(22)23)8-13(12)16/h1-2,4,6,8-9H,3,5,7H2,(H,22,23). The monoisotopic (exact) mass is 334 g/mol. The summed E-state index contributed by atoms with van der Waals surface area (Å²) < 4.78 is 47.5. The molecule has 3 aliphatic rings. The highest BCUT2D eigenvalue weighted by molar-refractivity contribution is 5.91. The van der Waals surface area contributed by atoms with Gasteiger partial charge in [0.15, 0.2) is 0 Å². The fraction of sp³-hybridized carbons (Fsp3) is 0.167. The van der Waals surface area contributed by atoms with E-state index >= 15 is 0 Å². The highest BCUT2D eigenvalue weighted by Gasteiger charge is 2.27. The van der Waals surface area contributed by atoms with Gasteiger partial charge in [-0.05, 0) is 23.8 Å². The number of hydrogen-bond donors (Lipinski definition) is 1. The molecule has 0 aromatic heterocycles. The van der Waals surface area contributed by atoms with Crippen LogP contribution in [-0.4, -0.2) is 17.7 Å². The van der Waals surface area contributed by atoms with E-state index in [1.54, 1.807) is 6.08 Å². The van der Waals surface area contributed by atoms with Crippen molar-refractivity contribution in [3.63, 3.8) is 0 Å². The third-order valence-corrected chi connectivity index (χ3v) is 3.80. The van der Waals surface area contributed by atoms with Gasteiger partial charge in [0.1, 0.15) is 29.8 Å². The summed E-state index contributed by atoms with van der Waals surface area (Å²) in [6, 6.07) is 0. The first-order valence-electron chi connectivity index (χ1n) is 7.27. The van der Waals surface area contributed by atoms with Gasteiger partial charge < -0.3 is 9.84 Å². The van der Waals surface area contributed by atoms with E-state index in [9.17, 15) is 23.1 Å². The van der Waals surface area contributed by atoms with Gasteiger partial charge in [-0.25, -0.2) is 18.0 Å². The predicted octanol–water partition coefficient (Wildman–Crippen LogP) is 4.50. The molecule has 0 aromatic rings. The van der Waals surface area contributed by atoms with E-state index in [1.165, 1.54) is 18.2 Å². The van der Waals surface area contributed by atoms with E-state index in [-0.39, 0.29) is 29.7 Å². The molecule has 6 heteroatoms. The number of hydrogen-bond acceptors (Lipinski definition) is 2. The van der Waals surface area contributed by atoms with Crippen LogP contribution in [0.3, 0.4) is 0 Å². The van der Waals surface area contributed by atoms with Gasteiger partial charge in [0, 0.05) is 30.1 Å². The summed E-state index contributed by atoms with van der Waals surface area (Å²) in [4.78, 5) is 11.3. The molecule has 0 saturated heterocycles. The second kappa shape index (κ2) is 6.39. The number of carboxylic acid groups (broad SMARTS) is 1. The van der Waals surface area contributed by atoms with E-state index in [0.29, 0.717) is 23.8 Å². The van der Waals surface area contributed by atoms with Gasteiger partial charge >= 0.3 is 5.97 Å². The van der Waals surface area contributed by atoms with Gasteiger partial charge in [-0.2, -0.15) is 0 Å². The zero-order valence-corrected chi connectivity index (χ0v) is 12.5. The van der Waals surface area contributed by atoms with Gasteiger partial charge in [0.05, 0.1) is 5.57 Å². The Morgan fingerprint density at radius 2 is 1.92 bits per heavy atom. The van der Waals surface area contributed by atoms with Gasteiger partial charge in [-0.3, -0.25) is 0 Å². The molecule has 0 bridgehead atoms. The molecule has 2 aliphatic carbocycles. The average molecular weight is 334 g/mol. The van der Waals surface area contributed by atoms with Crippen LogP contribution in [0.4, 0.5) is 13.2 Å². The molecule has 0 fully saturated rings. The molecule has 0 saturated carbocycles. The number of carbonyl (C=O) groups is 1. The van der Waals surface area contributed by atoms with Crippen LogP contribution in [0.5, 0.6) is 0 Å². The Bertz CT molecular complexity index is 820. The van der Waals surface area contributed by atoms with Crippen molar-refractivity contribution in [3.05, 3.63) is 82.0 Å². The maximum Gasteiger partial charge on any atom is 0.335 e. The summed E-state index contributed by atoms with van der Waals surface area (Å²) in [5.74, 6) is -3.46. The number of halogens is 3. The van der Waals surface area contributed by atoms with Crippen LogP contribution in [-0.2, 0) is 9.53 Å². The maximum absolute atomic E-state index is 14.4. The average Bonchev–Trinajstić information content (AvgIpc) is 2.82. The Hall–Kier alpha value is -2.76. The molecule has 3 nitrogen and oxygen atoms in total. The topological polar surface area (TPSA) is 46.5 Å². The Morgan fingerprint density at radius 1 is 1.12 bits per heavy atom. The minimum atomic E-state index is -1.16. The lowest BCUT2D eigenvalue weighted by Crippen LogP contribution is -2.09. The summed E-state index contributed by atoms with van der Waals surface area (Å²) in [6.45, 7) is 0.0955. The molecule has 0 aromatic carbocycles. The summed E-state index contributed by atoms with van der Waals surface area (Å²) in [5, 5.41) is 9.20. The number of carboxylic acids is 1. The summed E-state index contributed by atoms with van der Waals surface area (Å²) >= 11 is 0. The molecule has 0 radical (unpaired) electrons. The summed E-state index contributed by atoms with van der Waals surface area (Å²) in [7, 11) is 0. The van der Waals surface area contributed by atoms with Crippen LogP contribution in [0.1, 0.15) is 12.8 Å². The molecule has 24 heavy (non-hydrogen) atoms. The Morgan fingerprint density at radius 3 is 2.67 bits per heavy atom. The second-order valence-corrected chi connectivity index (χ2v) is 5.34. The van der Waals surface area contributed by atoms with Crippen molar-refractivity contribution in [2.75, 3.05) is 6.61 Å². The van der Waals surface area contributed by atoms with Crippen molar-refractivity contribution in [2.45, 2.75) is 12.8 Å².